The van der Waals surface area contributed by atoms with Crippen LogP contribution in [-0.4, -0.2) is 37.5 Å². The topological polar surface area (TPSA) is 61.4 Å². The number of amides is 3. The van der Waals surface area contributed by atoms with Gasteiger partial charge in [-0.25, -0.2) is 4.79 Å². The molecule has 0 fully saturated rings. The van der Waals surface area contributed by atoms with Gasteiger partial charge in [0.25, 0.3) is 0 Å². The zero-order valence-corrected chi connectivity index (χ0v) is 14.2. The first-order valence-corrected chi connectivity index (χ1v) is 8.29. The predicted octanol–water partition coefficient (Wildman–Crippen LogP) is 2.74. The highest BCUT2D eigenvalue weighted by molar-refractivity contribution is 7.09. The number of nitrogens with one attached hydrogen (secondary N) is 2. The van der Waals surface area contributed by atoms with Gasteiger partial charge in [-0.15, -0.1) is 11.3 Å². The molecule has 2 N–H and O–H groups in total. The van der Waals surface area contributed by atoms with Crippen molar-refractivity contribution in [1.82, 2.24) is 10.2 Å². The van der Waals surface area contributed by atoms with Crippen LogP contribution >= 0.6 is 11.3 Å². The number of hydrogen-bond acceptors (Lipinski definition) is 3. The first kappa shape index (κ1) is 17.0. The maximum atomic E-state index is 11.8. The number of hydrogen-bond donors (Lipinski definition) is 2. The minimum Gasteiger partial charge on any atom is -0.349 e. The summed E-state index contributed by atoms with van der Waals surface area (Å²) >= 11 is 1.68. The fourth-order valence-electron chi connectivity index (χ4n) is 1.97. The second-order valence-electron chi connectivity index (χ2n) is 5.37. The van der Waals surface area contributed by atoms with E-state index < -0.39 is 0 Å². The zero-order valence-electron chi connectivity index (χ0n) is 13.3. The molecule has 0 atom stereocenters. The molecule has 0 aliphatic rings. The molecule has 1 aromatic heterocycles. The van der Waals surface area contributed by atoms with Crippen LogP contribution in [0.25, 0.3) is 0 Å². The number of thiophene rings is 1. The lowest BCUT2D eigenvalue weighted by Gasteiger charge is -2.11. The molecule has 122 valence electrons. The van der Waals surface area contributed by atoms with Gasteiger partial charge < -0.3 is 15.5 Å². The lowest BCUT2D eigenvalue weighted by Crippen LogP contribution is -2.30. The lowest BCUT2D eigenvalue weighted by atomic mass is 10.1. The van der Waals surface area contributed by atoms with E-state index in [2.05, 4.69) is 16.7 Å². The molecule has 0 saturated heterocycles. The molecular formula is C17H21N3O2S. The highest BCUT2D eigenvalue weighted by Crippen LogP contribution is 2.11. The van der Waals surface area contributed by atoms with Gasteiger partial charge in [0.2, 0.25) is 5.91 Å². The van der Waals surface area contributed by atoms with Crippen LogP contribution in [0.1, 0.15) is 10.4 Å². The molecule has 5 nitrogen and oxygen atoms in total. The molecule has 0 unspecified atom stereocenters. The molecule has 1 aromatic carbocycles. The van der Waals surface area contributed by atoms with Gasteiger partial charge in [-0.3, -0.25) is 4.79 Å². The largest absolute Gasteiger partial charge is 0.349 e. The highest BCUT2D eigenvalue weighted by atomic mass is 32.1. The van der Waals surface area contributed by atoms with Gasteiger partial charge in [-0.05, 0) is 35.6 Å². The van der Waals surface area contributed by atoms with Crippen molar-refractivity contribution in [2.24, 2.45) is 0 Å². The van der Waals surface area contributed by atoms with Crippen molar-refractivity contribution in [2.75, 3.05) is 26.0 Å². The second-order valence-corrected chi connectivity index (χ2v) is 6.40. The van der Waals surface area contributed by atoms with Crippen molar-refractivity contribution in [3.63, 3.8) is 0 Å². The third-order valence-electron chi connectivity index (χ3n) is 3.30. The van der Waals surface area contributed by atoms with E-state index in [1.807, 2.05) is 23.6 Å². The van der Waals surface area contributed by atoms with Crippen molar-refractivity contribution in [1.29, 1.82) is 0 Å². The van der Waals surface area contributed by atoms with E-state index in [4.69, 9.17) is 0 Å². The molecule has 23 heavy (non-hydrogen) atoms. The van der Waals surface area contributed by atoms with E-state index in [1.165, 1.54) is 4.88 Å². The smallest absolute Gasteiger partial charge is 0.319 e. The molecule has 6 heteroatoms. The van der Waals surface area contributed by atoms with E-state index in [1.54, 1.807) is 42.5 Å². The summed E-state index contributed by atoms with van der Waals surface area (Å²) in [6, 6.07) is 11.1. The average Bonchev–Trinajstić information content (AvgIpc) is 3.02. The van der Waals surface area contributed by atoms with E-state index in [9.17, 15) is 9.59 Å². The first-order valence-electron chi connectivity index (χ1n) is 7.41. The number of nitrogens with zero attached hydrogens (tertiary/aromatic N) is 1. The standard InChI is InChI=1S/C17H21N3O2S/c1-20(2)16(21)12-13-5-7-14(8-6-13)19-17(22)18-10-9-15-4-3-11-23-15/h3-8,11H,9-10,12H2,1-2H3,(H2,18,19,22). The van der Waals surface area contributed by atoms with Gasteiger partial charge in [-0.1, -0.05) is 18.2 Å². The maximum Gasteiger partial charge on any atom is 0.319 e. The third-order valence-corrected chi connectivity index (χ3v) is 4.24. The predicted molar refractivity (Wildman–Crippen MR) is 93.9 cm³/mol. The molecule has 1 heterocycles. The highest BCUT2D eigenvalue weighted by Gasteiger charge is 2.06. The average molecular weight is 331 g/mol. The quantitative estimate of drug-likeness (QED) is 0.855. The van der Waals surface area contributed by atoms with Crippen LogP contribution in [0, 0.1) is 0 Å². The number of carbonyl (C=O) groups is 2. The van der Waals surface area contributed by atoms with E-state index >= 15 is 0 Å². The van der Waals surface area contributed by atoms with Gasteiger partial charge in [0.05, 0.1) is 6.42 Å². The van der Waals surface area contributed by atoms with Gasteiger partial charge in [0.1, 0.15) is 0 Å². The van der Waals surface area contributed by atoms with E-state index in [0.29, 0.717) is 18.7 Å². The Bertz CT molecular complexity index is 636. The Labute approximate surface area is 140 Å². The maximum absolute atomic E-state index is 11.8. The number of likely N-dealkylation sites (N-methyl/N-ethyl adjacent to an activating group) is 1. The van der Waals surface area contributed by atoms with Crippen molar-refractivity contribution < 1.29 is 9.59 Å². The zero-order chi connectivity index (χ0) is 16.7. The van der Waals surface area contributed by atoms with Gasteiger partial charge >= 0.3 is 6.03 Å². The SMILES string of the molecule is CN(C)C(=O)Cc1ccc(NC(=O)NCCc2cccs2)cc1. The molecule has 0 aliphatic heterocycles. The van der Waals surface area contributed by atoms with Crippen molar-refractivity contribution in [3.05, 3.63) is 52.2 Å². The summed E-state index contributed by atoms with van der Waals surface area (Å²) in [4.78, 5) is 26.3. The Morgan fingerprint density at radius 3 is 2.48 bits per heavy atom. The molecule has 2 aromatic rings. The number of anilines is 1. The lowest BCUT2D eigenvalue weighted by molar-refractivity contribution is -0.127. The summed E-state index contributed by atoms with van der Waals surface area (Å²) in [5.74, 6) is 0.0528. The molecule has 0 aliphatic carbocycles. The normalized spacial score (nSPS) is 10.2. The monoisotopic (exact) mass is 331 g/mol. The van der Waals surface area contributed by atoms with Crippen LogP contribution in [0.5, 0.6) is 0 Å². The van der Waals surface area contributed by atoms with Crippen LogP contribution in [0.2, 0.25) is 0 Å². The van der Waals surface area contributed by atoms with Crippen LogP contribution in [0.3, 0.4) is 0 Å². The summed E-state index contributed by atoms with van der Waals surface area (Å²) in [5.41, 5.74) is 1.63. The Morgan fingerprint density at radius 1 is 1.13 bits per heavy atom. The summed E-state index contributed by atoms with van der Waals surface area (Å²) in [6.45, 7) is 0.599. The van der Waals surface area contributed by atoms with Gasteiger partial charge in [-0.2, -0.15) is 0 Å². The Kier molecular flexibility index (Phi) is 6.17. The van der Waals surface area contributed by atoms with E-state index in [0.717, 1.165) is 12.0 Å². The Hall–Kier alpha value is -2.34. The minimum atomic E-state index is -0.223. The third kappa shape index (κ3) is 5.75. The fourth-order valence-corrected chi connectivity index (χ4v) is 2.68. The summed E-state index contributed by atoms with van der Waals surface area (Å²) < 4.78 is 0. The minimum absolute atomic E-state index is 0.0528. The fraction of sp³-hybridized carbons (Fsp3) is 0.294. The number of carbonyl (C=O) groups excluding carboxylic acids is 2. The van der Waals surface area contributed by atoms with Gasteiger partial charge in [0.15, 0.2) is 0 Å². The van der Waals surface area contributed by atoms with Crippen LogP contribution in [0.15, 0.2) is 41.8 Å². The van der Waals surface area contributed by atoms with Crippen molar-refractivity contribution >= 4 is 29.0 Å². The van der Waals surface area contributed by atoms with Crippen LogP contribution < -0.4 is 10.6 Å². The Balaban J connectivity index is 1.76. The van der Waals surface area contributed by atoms with Crippen LogP contribution in [-0.2, 0) is 17.6 Å². The molecular weight excluding hydrogens is 310 g/mol. The molecule has 2 rings (SSSR count). The number of rotatable bonds is 6. The molecule has 0 bridgehead atoms. The molecule has 3 amide bonds. The Morgan fingerprint density at radius 2 is 1.87 bits per heavy atom. The first-order chi connectivity index (χ1) is 11.0. The van der Waals surface area contributed by atoms with Gasteiger partial charge in [0, 0.05) is 31.2 Å². The number of benzene rings is 1. The summed E-state index contributed by atoms with van der Waals surface area (Å²) in [7, 11) is 3.47. The molecule has 0 saturated carbocycles. The number of urea groups is 1. The van der Waals surface area contributed by atoms with E-state index in [-0.39, 0.29) is 11.9 Å². The second kappa shape index (κ2) is 8.33. The summed E-state index contributed by atoms with van der Waals surface area (Å²) in [5, 5.41) is 7.64. The molecule has 0 spiro atoms. The molecule has 0 radical (unpaired) electrons. The van der Waals surface area contributed by atoms with Crippen molar-refractivity contribution in [3.8, 4) is 0 Å². The van der Waals surface area contributed by atoms with Crippen molar-refractivity contribution in [2.45, 2.75) is 12.8 Å². The summed E-state index contributed by atoms with van der Waals surface area (Å²) in [6.07, 6.45) is 1.19. The van der Waals surface area contributed by atoms with Crippen LogP contribution in [0.4, 0.5) is 10.5 Å².